The number of amides is 2. The number of rotatable bonds is 3. The summed E-state index contributed by atoms with van der Waals surface area (Å²) in [6.45, 7) is 0. The van der Waals surface area contributed by atoms with E-state index in [9.17, 15) is 14.4 Å². The number of carbonyl (C=O) groups excluding carboxylic acids is 3. The van der Waals surface area contributed by atoms with Crippen molar-refractivity contribution >= 4 is 18.1 Å². The number of hydrogen-bond donors (Lipinski definition) is 0. The minimum atomic E-state index is -2.81. The Morgan fingerprint density at radius 2 is 1.33 bits per heavy atom. The lowest BCUT2D eigenvalue weighted by Crippen LogP contribution is -2.47. The minimum absolute atomic E-state index is 0.0238. The second kappa shape index (κ2) is 4.63. The average Bonchev–Trinajstić information content (AvgIpc) is 2.80. The predicted molar refractivity (Wildman–Crippen MR) is 72.2 cm³/mol. The molecule has 1 aliphatic heterocycles. The van der Waals surface area contributed by atoms with Gasteiger partial charge in [-0.05, 0) is 12.1 Å². The Hall–Kier alpha value is -2.82. The van der Waals surface area contributed by atoms with Gasteiger partial charge in [0.05, 0.1) is 11.1 Å². The van der Waals surface area contributed by atoms with E-state index >= 15 is 4.39 Å². The number of imide groups is 1. The summed E-state index contributed by atoms with van der Waals surface area (Å²) in [5.41, 5.74) is 0.138. The third-order valence-corrected chi connectivity index (χ3v) is 3.45. The van der Waals surface area contributed by atoms with Crippen LogP contribution in [0.25, 0.3) is 0 Å². The molecule has 21 heavy (non-hydrogen) atoms. The van der Waals surface area contributed by atoms with Crippen LogP contribution in [0.3, 0.4) is 0 Å². The third kappa shape index (κ3) is 1.78. The minimum Gasteiger partial charge on any atom is -0.297 e. The van der Waals surface area contributed by atoms with Crippen LogP contribution in [0.1, 0.15) is 26.3 Å². The van der Waals surface area contributed by atoms with E-state index in [1.54, 1.807) is 18.2 Å². The van der Waals surface area contributed by atoms with Crippen molar-refractivity contribution in [2.24, 2.45) is 0 Å². The van der Waals surface area contributed by atoms with Gasteiger partial charge in [-0.3, -0.25) is 14.4 Å². The topological polar surface area (TPSA) is 54.5 Å². The van der Waals surface area contributed by atoms with Gasteiger partial charge in [0, 0.05) is 5.56 Å². The molecule has 0 aliphatic carbocycles. The highest BCUT2D eigenvalue weighted by molar-refractivity contribution is 6.22. The standard InChI is InChI=1S/C16H10FNO3/c17-16(10-19,11-6-2-1-3-7-11)18-14(20)12-8-4-5-9-13(12)15(18)21/h1-10H/t16-/m0/s1. The fourth-order valence-corrected chi connectivity index (χ4v) is 2.41. The Morgan fingerprint density at radius 1 is 0.857 bits per heavy atom. The average molecular weight is 283 g/mol. The highest BCUT2D eigenvalue weighted by Gasteiger charge is 2.50. The first-order chi connectivity index (χ1) is 10.1. The molecule has 2 amide bonds. The van der Waals surface area contributed by atoms with E-state index < -0.39 is 17.6 Å². The summed E-state index contributed by atoms with van der Waals surface area (Å²) in [5.74, 6) is -4.43. The lowest BCUT2D eigenvalue weighted by atomic mass is 10.0. The van der Waals surface area contributed by atoms with Crippen LogP contribution in [0.15, 0.2) is 54.6 Å². The summed E-state index contributed by atoms with van der Waals surface area (Å²) in [6.07, 6.45) is -0.0238. The lowest BCUT2D eigenvalue weighted by molar-refractivity contribution is -0.126. The van der Waals surface area contributed by atoms with Crippen molar-refractivity contribution in [2.75, 3.05) is 0 Å². The second-order valence-electron chi connectivity index (χ2n) is 4.65. The summed E-state index contributed by atoms with van der Waals surface area (Å²) in [6, 6.07) is 13.5. The molecule has 3 rings (SSSR count). The smallest absolute Gasteiger partial charge is 0.273 e. The Balaban J connectivity index is 2.14. The molecular weight excluding hydrogens is 273 g/mol. The number of halogens is 1. The lowest BCUT2D eigenvalue weighted by Gasteiger charge is -2.28. The molecule has 2 aromatic carbocycles. The molecule has 0 spiro atoms. The first-order valence-corrected chi connectivity index (χ1v) is 6.28. The first kappa shape index (κ1) is 13.2. The molecule has 0 aromatic heterocycles. The molecule has 1 aliphatic rings. The van der Waals surface area contributed by atoms with Gasteiger partial charge in [-0.1, -0.05) is 42.5 Å². The largest absolute Gasteiger partial charge is 0.297 e. The second-order valence-corrected chi connectivity index (χ2v) is 4.65. The van der Waals surface area contributed by atoms with E-state index in [0.717, 1.165) is 0 Å². The van der Waals surface area contributed by atoms with E-state index in [4.69, 9.17) is 0 Å². The van der Waals surface area contributed by atoms with Gasteiger partial charge in [-0.25, -0.2) is 9.29 Å². The number of nitrogens with zero attached hydrogens (tertiary/aromatic N) is 1. The summed E-state index contributed by atoms with van der Waals surface area (Å²) < 4.78 is 15.1. The fraction of sp³-hybridized carbons (Fsp3) is 0.0625. The Bertz CT molecular complexity index is 709. The van der Waals surface area contributed by atoms with Crippen molar-refractivity contribution in [3.63, 3.8) is 0 Å². The molecule has 1 atom stereocenters. The van der Waals surface area contributed by atoms with Gasteiger partial charge >= 0.3 is 0 Å². The summed E-state index contributed by atoms with van der Waals surface area (Å²) in [4.78, 5) is 36.3. The molecule has 0 radical (unpaired) electrons. The molecule has 2 aromatic rings. The van der Waals surface area contributed by atoms with Crippen LogP contribution in [0, 0.1) is 0 Å². The van der Waals surface area contributed by atoms with E-state index in [0.29, 0.717) is 4.90 Å². The maximum atomic E-state index is 15.1. The van der Waals surface area contributed by atoms with Crippen molar-refractivity contribution in [3.05, 3.63) is 71.3 Å². The van der Waals surface area contributed by atoms with E-state index in [2.05, 4.69) is 0 Å². The number of alkyl halides is 1. The summed E-state index contributed by atoms with van der Waals surface area (Å²) >= 11 is 0. The number of hydrogen-bond acceptors (Lipinski definition) is 3. The predicted octanol–water partition coefficient (Wildman–Crippen LogP) is 2.30. The zero-order chi connectivity index (χ0) is 15.0. The number of carbonyl (C=O) groups is 3. The van der Waals surface area contributed by atoms with Gasteiger partial charge in [0.25, 0.3) is 17.6 Å². The van der Waals surface area contributed by atoms with Crippen molar-refractivity contribution in [3.8, 4) is 0 Å². The van der Waals surface area contributed by atoms with Crippen molar-refractivity contribution < 1.29 is 18.8 Å². The Kier molecular flexibility index (Phi) is 2.90. The van der Waals surface area contributed by atoms with Gasteiger partial charge in [-0.2, -0.15) is 0 Å². The Morgan fingerprint density at radius 3 is 1.81 bits per heavy atom. The van der Waals surface area contributed by atoms with Gasteiger partial charge in [0.1, 0.15) is 0 Å². The molecular formula is C16H10FNO3. The van der Waals surface area contributed by atoms with E-state index in [1.165, 1.54) is 36.4 Å². The maximum absolute atomic E-state index is 15.1. The normalized spacial score (nSPS) is 16.5. The molecule has 4 nitrogen and oxygen atoms in total. The molecule has 0 unspecified atom stereocenters. The van der Waals surface area contributed by atoms with Crippen LogP contribution in [0.5, 0.6) is 0 Å². The van der Waals surface area contributed by atoms with Gasteiger partial charge in [0.2, 0.25) is 0 Å². The van der Waals surface area contributed by atoms with Crippen LogP contribution >= 0.6 is 0 Å². The number of aldehydes is 1. The molecule has 5 heteroatoms. The maximum Gasteiger partial charge on any atom is 0.273 e. The summed E-state index contributed by atoms with van der Waals surface area (Å²) in [7, 11) is 0. The SMILES string of the molecule is O=C[C@@](F)(c1ccccc1)N1C(=O)c2ccccc2C1=O. The van der Waals surface area contributed by atoms with E-state index in [1.807, 2.05) is 0 Å². The van der Waals surface area contributed by atoms with Crippen LogP contribution in [0.2, 0.25) is 0 Å². The zero-order valence-electron chi connectivity index (χ0n) is 10.8. The van der Waals surface area contributed by atoms with Crippen LogP contribution in [0.4, 0.5) is 4.39 Å². The van der Waals surface area contributed by atoms with Crippen LogP contribution in [-0.2, 0) is 10.6 Å². The third-order valence-electron chi connectivity index (χ3n) is 3.45. The highest BCUT2D eigenvalue weighted by atomic mass is 19.1. The van der Waals surface area contributed by atoms with Crippen molar-refractivity contribution in [2.45, 2.75) is 5.79 Å². The van der Waals surface area contributed by atoms with Crippen molar-refractivity contribution in [1.82, 2.24) is 4.90 Å². The van der Waals surface area contributed by atoms with Crippen LogP contribution < -0.4 is 0 Å². The van der Waals surface area contributed by atoms with Gasteiger partial charge < -0.3 is 0 Å². The molecule has 0 saturated heterocycles. The van der Waals surface area contributed by atoms with Gasteiger partial charge in [0.15, 0.2) is 6.29 Å². The molecule has 0 saturated carbocycles. The zero-order valence-corrected chi connectivity index (χ0v) is 10.8. The van der Waals surface area contributed by atoms with E-state index in [-0.39, 0.29) is 23.0 Å². The summed E-state index contributed by atoms with van der Waals surface area (Å²) in [5, 5.41) is 0. The van der Waals surface area contributed by atoms with Gasteiger partial charge in [-0.15, -0.1) is 0 Å². The molecule has 1 heterocycles. The Labute approximate surface area is 119 Å². The molecule has 0 bridgehead atoms. The molecule has 104 valence electrons. The first-order valence-electron chi connectivity index (χ1n) is 6.28. The van der Waals surface area contributed by atoms with Crippen LogP contribution in [-0.4, -0.2) is 23.0 Å². The number of fused-ring (bicyclic) bond motifs is 1. The fourth-order valence-electron chi connectivity index (χ4n) is 2.41. The monoisotopic (exact) mass is 283 g/mol. The number of benzene rings is 2. The quantitative estimate of drug-likeness (QED) is 0.493. The highest BCUT2D eigenvalue weighted by Crippen LogP contribution is 2.35. The molecule has 0 fully saturated rings. The molecule has 0 N–H and O–H groups in total. The van der Waals surface area contributed by atoms with Crippen molar-refractivity contribution in [1.29, 1.82) is 0 Å².